The van der Waals surface area contributed by atoms with E-state index >= 15 is 0 Å². The number of aryl methyl sites for hydroxylation is 2. The second kappa shape index (κ2) is 15.5. The van der Waals surface area contributed by atoms with Crippen LogP contribution >= 0.6 is 57.1 Å². The van der Waals surface area contributed by atoms with Crippen molar-refractivity contribution in [1.29, 1.82) is 0 Å². The van der Waals surface area contributed by atoms with Gasteiger partial charge in [-0.3, -0.25) is 0 Å². The number of thiophene rings is 4. The summed E-state index contributed by atoms with van der Waals surface area (Å²) in [7, 11) is 0. The molecule has 9 heteroatoms. The number of hydrogen-bond acceptors (Lipinski definition) is 9. The van der Waals surface area contributed by atoms with Crippen LogP contribution in [0.3, 0.4) is 0 Å². The molecule has 49 heavy (non-hydrogen) atoms. The fourth-order valence-electron chi connectivity index (χ4n) is 7.30. The van der Waals surface area contributed by atoms with Gasteiger partial charge in [0, 0.05) is 49.4 Å². The Morgan fingerprint density at radius 1 is 0.531 bits per heavy atom. The van der Waals surface area contributed by atoms with Crippen molar-refractivity contribution < 1.29 is 0 Å². The zero-order valence-corrected chi connectivity index (χ0v) is 33.9. The summed E-state index contributed by atoms with van der Waals surface area (Å²) in [5.74, 6) is 1.55. The third kappa shape index (κ3) is 6.99. The second-order valence-corrected chi connectivity index (χ2v) is 18.6. The van der Waals surface area contributed by atoms with Crippen LogP contribution in [-0.2, 0) is 25.7 Å². The molecule has 0 radical (unpaired) electrons. The van der Waals surface area contributed by atoms with E-state index in [2.05, 4.69) is 65.8 Å². The largest absolute Gasteiger partial charge is 0.249 e. The molecule has 6 heterocycles. The number of fused-ring (bicyclic) bond motifs is 4. The number of hydrogen-bond donors (Lipinski definition) is 0. The predicted octanol–water partition coefficient (Wildman–Crippen LogP) is 14.2. The highest BCUT2D eigenvalue weighted by Gasteiger charge is 2.26. The van der Waals surface area contributed by atoms with Crippen LogP contribution in [-0.4, -0.2) is 18.7 Å². The van der Waals surface area contributed by atoms with Crippen LogP contribution in [0.5, 0.6) is 0 Å². The third-order valence-corrected chi connectivity index (χ3v) is 15.4. The minimum absolute atomic E-state index is 0.776. The number of nitrogens with zero attached hydrogens (tertiary/aromatic N) is 4. The molecule has 0 aliphatic heterocycles. The summed E-state index contributed by atoms with van der Waals surface area (Å²) >= 11 is 9.03. The van der Waals surface area contributed by atoms with Gasteiger partial charge in [-0.05, 0) is 61.8 Å². The van der Waals surface area contributed by atoms with Crippen LogP contribution in [0, 0.1) is 11.8 Å². The van der Waals surface area contributed by atoms with E-state index in [4.69, 9.17) is 18.7 Å². The monoisotopic (exact) mass is 744 g/mol. The Bertz CT molecular complexity index is 1980. The van der Waals surface area contributed by atoms with Crippen LogP contribution in [0.4, 0.5) is 0 Å². The van der Waals surface area contributed by atoms with E-state index in [0.29, 0.717) is 0 Å². The van der Waals surface area contributed by atoms with Gasteiger partial charge in [0.1, 0.15) is 22.1 Å². The van der Waals surface area contributed by atoms with E-state index < -0.39 is 0 Å². The molecule has 0 saturated heterocycles. The maximum Gasteiger partial charge on any atom is 0.116 e. The average Bonchev–Trinajstić information content (AvgIpc) is 3.94. The van der Waals surface area contributed by atoms with Crippen LogP contribution in [0.25, 0.3) is 61.7 Å². The van der Waals surface area contributed by atoms with E-state index in [1.807, 2.05) is 45.3 Å². The van der Waals surface area contributed by atoms with Crippen LogP contribution < -0.4 is 0 Å². The standard InChI is InChI=1S/C40H48N4S5/c1-7-13-15-23(9-3)17-25-19-29-31(45-25)21-33(47-29)35-37-38(42-28(12-6)27(11-5)41-37)36(40-39(35)43-49-44-40)34-22-32-30(48-34)20-26(46-32)18-24(10-4)16-14-8-2/h19-24H,7-18H2,1-6H3. The van der Waals surface area contributed by atoms with E-state index in [1.54, 1.807) is 0 Å². The molecular formula is C40H48N4S5. The van der Waals surface area contributed by atoms with Gasteiger partial charge in [0.2, 0.25) is 0 Å². The van der Waals surface area contributed by atoms with Crippen LogP contribution in [0.15, 0.2) is 24.3 Å². The molecule has 0 aliphatic rings. The Labute approximate surface area is 311 Å². The minimum atomic E-state index is 0.776. The van der Waals surface area contributed by atoms with Crippen LogP contribution in [0.2, 0.25) is 0 Å². The first-order valence-electron chi connectivity index (χ1n) is 18.5. The smallest absolute Gasteiger partial charge is 0.116 e. The van der Waals surface area contributed by atoms with Gasteiger partial charge in [0.05, 0.1) is 23.1 Å². The molecule has 0 aliphatic carbocycles. The Morgan fingerprint density at radius 2 is 0.959 bits per heavy atom. The van der Waals surface area contributed by atoms with Crippen molar-refractivity contribution >= 4 is 97.9 Å². The van der Waals surface area contributed by atoms with Crippen molar-refractivity contribution in [3.63, 3.8) is 0 Å². The fourth-order valence-corrected chi connectivity index (χ4v) is 13.0. The Morgan fingerprint density at radius 3 is 1.33 bits per heavy atom. The lowest BCUT2D eigenvalue weighted by atomic mass is 9.95. The lowest BCUT2D eigenvalue weighted by Crippen LogP contribution is -2.03. The molecule has 6 aromatic heterocycles. The summed E-state index contributed by atoms with van der Waals surface area (Å²) in [6.07, 6.45) is 14.5. The number of aromatic nitrogens is 4. The van der Waals surface area contributed by atoms with E-state index in [9.17, 15) is 0 Å². The van der Waals surface area contributed by atoms with Gasteiger partial charge >= 0.3 is 0 Å². The van der Waals surface area contributed by atoms with Gasteiger partial charge in [0.15, 0.2) is 0 Å². The number of rotatable bonds is 16. The molecule has 0 spiro atoms. The molecule has 0 fully saturated rings. The van der Waals surface area contributed by atoms with Crippen molar-refractivity contribution in [3.8, 4) is 20.9 Å². The zero-order chi connectivity index (χ0) is 34.1. The summed E-state index contributed by atoms with van der Waals surface area (Å²) in [6.45, 7) is 13.7. The number of benzene rings is 1. The minimum Gasteiger partial charge on any atom is -0.249 e. The van der Waals surface area contributed by atoms with Gasteiger partial charge in [-0.1, -0.05) is 92.9 Å². The molecule has 0 N–H and O–H groups in total. The number of unbranched alkanes of at least 4 members (excludes halogenated alkanes) is 2. The first-order valence-corrected chi connectivity index (χ1v) is 22.5. The molecule has 0 saturated carbocycles. The Balaban J connectivity index is 1.33. The first-order chi connectivity index (χ1) is 24.0. The van der Waals surface area contributed by atoms with E-state index in [-0.39, 0.29) is 0 Å². The maximum atomic E-state index is 5.42. The summed E-state index contributed by atoms with van der Waals surface area (Å²) in [5.41, 5.74) is 8.28. The first kappa shape index (κ1) is 35.1. The third-order valence-electron chi connectivity index (χ3n) is 10.2. The van der Waals surface area contributed by atoms with Crippen molar-refractivity contribution in [3.05, 3.63) is 45.4 Å². The molecule has 2 atom stereocenters. The van der Waals surface area contributed by atoms with Crippen molar-refractivity contribution in [1.82, 2.24) is 18.7 Å². The predicted molar refractivity (Wildman–Crippen MR) is 221 cm³/mol. The van der Waals surface area contributed by atoms with Gasteiger partial charge in [-0.25, -0.2) is 9.97 Å². The van der Waals surface area contributed by atoms with Crippen molar-refractivity contribution in [2.24, 2.45) is 11.8 Å². The van der Waals surface area contributed by atoms with Crippen molar-refractivity contribution in [2.75, 3.05) is 0 Å². The molecule has 4 nitrogen and oxygen atoms in total. The van der Waals surface area contributed by atoms with E-state index in [0.717, 1.165) is 69.3 Å². The molecule has 258 valence electrons. The normalized spacial score (nSPS) is 13.5. The quantitative estimate of drug-likeness (QED) is 0.0988. The Kier molecular flexibility index (Phi) is 11.1. The highest BCUT2D eigenvalue weighted by Crippen LogP contribution is 2.49. The summed E-state index contributed by atoms with van der Waals surface area (Å²) in [5, 5.41) is 0. The van der Waals surface area contributed by atoms with Gasteiger partial charge in [0.25, 0.3) is 0 Å². The molecule has 7 rings (SSSR count). The lowest BCUT2D eigenvalue weighted by molar-refractivity contribution is 0.452. The topological polar surface area (TPSA) is 51.6 Å². The second-order valence-electron chi connectivity index (χ2n) is 13.6. The molecular weight excluding hydrogens is 697 g/mol. The maximum absolute atomic E-state index is 5.42. The molecule has 0 amide bonds. The van der Waals surface area contributed by atoms with E-state index in [1.165, 1.54) is 114 Å². The van der Waals surface area contributed by atoms with Crippen molar-refractivity contribution in [2.45, 2.75) is 119 Å². The van der Waals surface area contributed by atoms with Gasteiger partial charge < -0.3 is 0 Å². The average molecular weight is 745 g/mol. The molecule has 7 aromatic rings. The lowest BCUT2D eigenvalue weighted by Gasteiger charge is -2.14. The molecule has 0 bridgehead atoms. The SMILES string of the molecule is CCCCC(CC)Cc1cc2sc(-c3c4nsnc4c(-c4cc5sc(CC(CC)CCCC)cc5s4)c4nc(CC)c(CC)nc34)cc2s1. The summed E-state index contributed by atoms with van der Waals surface area (Å²) in [6, 6.07) is 9.69. The van der Waals surface area contributed by atoms with Crippen LogP contribution in [0.1, 0.15) is 114 Å². The van der Waals surface area contributed by atoms with Gasteiger partial charge in [-0.2, -0.15) is 8.75 Å². The zero-order valence-electron chi connectivity index (χ0n) is 29.8. The summed E-state index contributed by atoms with van der Waals surface area (Å²) in [4.78, 5) is 16.3. The fraction of sp³-hybridized carbons (Fsp3) is 0.500. The Hall–Kier alpha value is -2.30. The molecule has 2 unspecified atom stereocenters. The summed E-state index contributed by atoms with van der Waals surface area (Å²) < 4.78 is 15.5. The van der Waals surface area contributed by atoms with Gasteiger partial charge in [-0.15, -0.1) is 45.3 Å². The highest BCUT2D eigenvalue weighted by molar-refractivity contribution is 7.30. The molecule has 1 aromatic carbocycles. The highest BCUT2D eigenvalue weighted by atomic mass is 32.1.